The topological polar surface area (TPSA) is 163 Å². The molecule has 2 amide bonds. The van der Waals surface area contributed by atoms with Gasteiger partial charge in [0, 0.05) is 70.7 Å². The molecule has 4 aromatic rings. The number of thiazole rings is 1. The number of hydrogen-bond donors (Lipinski definition) is 5. The summed E-state index contributed by atoms with van der Waals surface area (Å²) in [6, 6.07) is 14.0. The molecule has 212 valence electrons. The molecule has 2 heterocycles. The van der Waals surface area contributed by atoms with Gasteiger partial charge in [-0.25, -0.2) is 4.98 Å². The Morgan fingerprint density at radius 3 is 2.66 bits per heavy atom. The Morgan fingerprint density at radius 2 is 1.93 bits per heavy atom. The lowest BCUT2D eigenvalue weighted by Gasteiger charge is -2.16. The van der Waals surface area contributed by atoms with E-state index in [1.807, 2.05) is 12.1 Å². The van der Waals surface area contributed by atoms with Crippen LogP contribution in [0.4, 0.5) is 11.4 Å². The zero-order valence-electron chi connectivity index (χ0n) is 22.8. The second-order valence-electron chi connectivity index (χ2n) is 9.92. The van der Waals surface area contributed by atoms with Crippen molar-refractivity contribution in [3.05, 3.63) is 83.1 Å². The van der Waals surface area contributed by atoms with Crippen molar-refractivity contribution in [2.75, 3.05) is 30.7 Å². The molecule has 0 saturated carbocycles. The minimum atomic E-state index is -0.845. The summed E-state index contributed by atoms with van der Waals surface area (Å²) in [7, 11) is 0. The fraction of sp³-hybridized carbons (Fsp3) is 0.233. The largest absolute Gasteiger partial charge is 0.398 e. The third kappa shape index (κ3) is 8.04. The number of anilines is 2. The number of aliphatic imine (C=N–C) groups is 1. The van der Waals surface area contributed by atoms with Gasteiger partial charge in [0.15, 0.2) is 0 Å². The summed E-state index contributed by atoms with van der Waals surface area (Å²) in [6.07, 6.45) is 5.44. The number of aromatic nitrogens is 2. The van der Waals surface area contributed by atoms with E-state index in [2.05, 4.69) is 25.6 Å². The van der Waals surface area contributed by atoms with Gasteiger partial charge in [0.05, 0.1) is 12.2 Å². The van der Waals surface area contributed by atoms with E-state index in [9.17, 15) is 14.7 Å². The van der Waals surface area contributed by atoms with Crippen molar-refractivity contribution in [1.29, 1.82) is 0 Å². The highest BCUT2D eigenvalue weighted by molar-refractivity contribution is 7.13. The number of nitrogens with one attached hydrogen (secondary N) is 2. The lowest BCUT2D eigenvalue weighted by atomic mass is 9.98. The van der Waals surface area contributed by atoms with Gasteiger partial charge in [-0.1, -0.05) is 12.1 Å². The summed E-state index contributed by atoms with van der Waals surface area (Å²) >= 11 is 1.34. The van der Waals surface area contributed by atoms with Crippen LogP contribution in [0.15, 0.2) is 71.3 Å². The maximum absolute atomic E-state index is 13.3. The number of amides is 2. The molecule has 0 saturated heterocycles. The molecule has 0 fully saturated rings. The van der Waals surface area contributed by atoms with Gasteiger partial charge in [0.2, 0.25) is 0 Å². The summed E-state index contributed by atoms with van der Waals surface area (Å²) in [4.78, 5) is 38.9. The number of nitrogens with two attached hydrogens (primary N) is 1. The third-order valence-corrected chi connectivity index (χ3v) is 6.92. The van der Waals surface area contributed by atoms with Gasteiger partial charge in [0.1, 0.15) is 10.7 Å². The first-order valence-corrected chi connectivity index (χ1v) is 13.8. The van der Waals surface area contributed by atoms with Gasteiger partial charge in [-0.2, -0.15) is 0 Å². The average molecular weight is 573 g/mol. The maximum atomic E-state index is 13.3. The molecule has 10 nitrogen and oxygen atoms in total. The zero-order chi connectivity index (χ0) is 29.4. The molecule has 0 bridgehead atoms. The monoisotopic (exact) mass is 572 g/mol. The minimum absolute atomic E-state index is 0.132. The van der Waals surface area contributed by atoms with Crippen molar-refractivity contribution in [2.45, 2.75) is 25.9 Å². The van der Waals surface area contributed by atoms with Crippen LogP contribution in [0.2, 0.25) is 0 Å². The SMILES string of the molecule is CC(C)(O)CCN=Cc1cc(NC(=O)c2csc(-c3cccnc3)n2)c(-c2cccc(C(=O)NCCO)c2)cc1N. The number of aliphatic hydroxyl groups is 2. The first-order valence-electron chi connectivity index (χ1n) is 13.0. The Hall–Kier alpha value is -4.45. The summed E-state index contributed by atoms with van der Waals surface area (Å²) in [5.74, 6) is -0.746. The molecule has 0 unspecified atom stereocenters. The molecule has 4 rings (SSSR count). The number of nitrogen functional groups attached to an aromatic ring is 1. The number of pyridine rings is 1. The van der Waals surface area contributed by atoms with Gasteiger partial charge in [-0.05, 0) is 62.2 Å². The first kappa shape index (κ1) is 29.5. The Balaban J connectivity index is 1.68. The molecule has 0 aliphatic heterocycles. The second kappa shape index (κ2) is 13.3. The molecule has 11 heteroatoms. The van der Waals surface area contributed by atoms with Crippen LogP contribution in [0.5, 0.6) is 0 Å². The molecule has 2 aromatic carbocycles. The number of carbonyl (C=O) groups is 2. The number of nitrogens with zero attached hydrogens (tertiary/aromatic N) is 3. The highest BCUT2D eigenvalue weighted by atomic mass is 32.1. The van der Waals surface area contributed by atoms with Crippen LogP contribution in [-0.2, 0) is 0 Å². The number of rotatable bonds is 11. The second-order valence-corrected chi connectivity index (χ2v) is 10.8. The molecular weight excluding hydrogens is 540 g/mol. The fourth-order valence-electron chi connectivity index (χ4n) is 3.87. The summed E-state index contributed by atoms with van der Waals surface area (Å²) in [5, 5.41) is 27.0. The summed E-state index contributed by atoms with van der Waals surface area (Å²) in [6.45, 7) is 3.79. The molecular formula is C30H32N6O4S. The Labute approximate surface area is 242 Å². The first-order chi connectivity index (χ1) is 19.6. The Morgan fingerprint density at radius 1 is 1.12 bits per heavy atom. The van der Waals surface area contributed by atoms with Crippen LogP contribution < -0.4 is 16.4 Å². The predicted molar refractivity (Wildman–Crippen MR) is 162 cm³/mol. The van der Waals surface area contributed by atoms with Crippen molar-refractivity contribution in [3.63, 3.8) is 0 Å². The fourth-order valence-corrected chi connectivity index (χ4v) is 4.66. The lowest BCUT2D eigenvalue weighted by Crippen LogP contribution is -2.26. The lowest BCUT2D eigenvalue weighted by molar-refractivity contribution is 0.0739. The van der Waals surface area contributed by atoms with E-state index >= 15 is 0 Å². The van der Waals surface area contributed by atoms with Gasteiger partial charge >= 0.3 is 0 Å². The van der Waals surface area contributed by atoms with Gasteiger partial charge in [-0.3, -0.25) is 19.6 Å². The van der Waals surface area contributed by atoms with Gasteiger partial charge < -0.3 is 26.6 Å². The molecule has 0 aliphatic rings. The quantitative estimate of drug-likeness (QED) is 0.134. The number of benzene rings is 2. The van der Waals surface area contributed by atoms with E-state index in [1.54, 1.807) is 74.2 Å². The average Bonchev–Trinajstić information content (AvgIpc) is 3.46. The van der Waals surface area contributed by atoms with Crippen molar-refractivity contribution in [3.8, 4) is 21.7 Å². The van der Waals surface area contributed by atoms with Crippen molar-refractivity contribution >= 4 is 40.7 Å². The molecule has 2 aromatic heterocycles. The van der Waals surface area contributed by atoms with Crippen LogP contribution in [0.25, 0.3) is 21.7 Å². The smallest absolute Gasteiger partial charge is 0.275 e. The highest BCUT2D eigenvalue weighted by Crippen LogP contribution is 2.33. The van der Waals surface area contributed by atoms with Crippen LogP contribution in [0.1, 0.15) is 46.7 Å². The van der Waals surface area contributed by atoms with Gasteiger partial charge in [0.25, 0.3) is 11.8 Å². The number of carbonyl (C=O) groups excluding carboxylic acids is 2. The normalized spacial score (nSPS) is 11.5. The standard InChI is InChI=1S/C30H32N6O4S/c1-30(2,40)8-10-33-17-22-14-25(35-28(39)26-18-41-29(36-26)21-7-4-9-32-16-21)23(15-24(22)31)19-5-3-6-20(13-19)27(38)34-11-12-37/h3-7,9,13-18,37,40H,8,10-12,31H2,1-2H3,(H,34,38)(H,35,39). The highest BCUT2D eigenvalue weighted by Gasteiger charge is 2.18. The molecule has 0 radical (unpaired) electrons. The van der Waals surface area contributed by atoms with Crippen LogP contribution in [0, 0.1) is 0 Å². The predicted octanol–water partition coefficient (Wildman–Crippen LogP) is 4.01. The molecule has 0 spiro atoms. The zero-order valence-corrected chi connectivity index (χ0v) is 23.6. The summed E-state index contributed by atoms with van der Waals surface area (Å²) < 4.78 is 0. The maximum Gasteiger partial charge on any atom is 0.275 e. The van der Waals surface area contributed by atoms with E-state index in [1.165, 1.54) is 11.3 Å². The van der Waals surface area contributed by atoms with Crippen LogP contribution in [-0.4, -0.2) is 63.5 Å². The van der Waals surface area contributed by atoms with Crippen molar-refractivity contribution in [2.24, 2.45) is 4.99 Å². The molecule has 6 N–H and O–H groups in total. The molecule has 41 heavy (non-hydrogen) atoms. The van der Waals surface area contributed by atoms with E-state index < -0.39 is 11.5 Å². The Bertz CT molecular complexity index is 1550. The molecule has 0 aliphatic carbocycles. The van der Waals surface area contributed by atoms with E-state index in [-0.39, 0.29) is 24.8 Å². The Kier molecular flexibility index (Phi) is 9.56. The van der Waals surface area contributed by atoms with Crippen LogP contribution >= 0.6 is 11.3 Å². The minimum Gasteiger partial charge on any atom is -0.398 e. The van der Waals surface area contributed by atoms with Crippen LogP contribution in [0.3, 0.4) is 0 Å². The molecule has 0 atom stereocenters. The van der Waals surface area contributed by atoms with Gasteiger partial charge in [-0.15, -0.1) is 11.3 Å². The summed E-state index contributed by atoms with van der Waals surface area (Å²) in [5.41, 5.74) is 9.72. The number of aliphatic hydroxyl groups excluding tert-OH is 1. The van der Waals surface area contributed by atoms with E-state index in [0.717, 1.165) is 5.56 Å². The van der Waals surface area contributed by atoms with E-state index in [4.69, 9.17) is 10.8 Å². The third-order valence-electron chi connectivity index (χ3n) is 6.03. The van der Waals surface area contributed by atoms with E-state index in [0.29, 0.717) is 51.6 Å². The number of hydrogen-bond acceptors (Lipinski definition) is 9. The van der Waals surface area contributed by atoms with Crippen molar-refractivity contribution < 1.29 is 19.8 Å². The van der Waals surface area contributed by atoms with Crippen molar-refractivity contribution in [1.82, 2.24) is 15.3 Å².